The molecule has 0 bridgehead atoms. The summed E-state index contributed by atoms with van der Waals surface area (Å²) in [6.45, 7) is 10.6. The van der Waals surface area contributed by atoms with E-state index in [0.29, 0.717) is 34.9 Å². The second kappa shape index (κ2) is 10.1. The van der Waals surface area contributed by atoms with Crippen molar-refractivity contribution in [2.24, 2.45) is 0 Å². The number of aliphatic hydroxyl groups is 1. The summed E-state index contributed by atoms with van der Waals surface area (Å²) in [6.07, 6.45) is 0. The number of methoxy groups -OCH3 is 1. The Bertz CT molecular complexity index is 1370. The van der Waals surface area contributed by atoms with Crippen LogP contribution >= 0.6 is 0 Å². The smallest absolute Gasteiger partial charge is 0.300 e. The lowest BCUT2D eigenvalue weighted by Crippen LogP contribution is -2.29. The van der Waals surface area contributed by atoms with Crippen LogP contribution in [0, 0.1) is 6.92 Å². The van der Waals surface area contributed by atoms with Crippen LogP contribution in [0.5, 0.6) is 11.5 Å². The number of Topliss-reactive ketones (excluding diaryl/α,β-unsaturated/α-hetero) is 1. The summed E-state index contributed by atoms with van der Waals surface area (Å²) in [4.78, 5) is 28.5. The predicted octanol–water partition coefficient (Wildman–Crippen LogP) is 6.33. The second-order valence-corrected chi connectivity index (χ2v) is 10.2. The Morgan fingerprint density at radius 1 is 1.00 bits per heavy atom. The Balaban J connectivity index is 1.96. The van der Waals surface area contributed by atoms with E-state index in [4.69, 9.17) is 9.47 Å². The minimum absolute atomic E-state index is 0.0132. The van der Waals surface area contributed by atoms with Gasteiger partial charge in [0.1, 0.15) is 17.3 Å². The summed E-state index contributed by atoms with van der Waals surface area (Å²) < 4.78 is 11.1. The van der Waals surface area contributed by atoms with Crippen LogP contribution in [0.3, 0.4) is 0 Å². The Morgan fingerprint density at radius 3 is 2.32 bits per heavy atom. The fraction of sp³-hybridized carbons (Fsp3) is 0.290. The Hall–Kier alpha value is -4.06. The van der Waals surface area contributed by atoms with Gasteiger partial charge in [-0.3, -0.25) is 14.5 Å². The van der Waals surface area contributed by atoms with Gasteiger partial charge in [0.2, 0.25) is 0 Å². The Kier molecular flexibility index (Phi) is 7.12. The molecule has 1 N–H and O–H groups in total. The number of anilines is 1. The molecule has 0 saturated carbocycles. The number of nitrogens with zero attached hydrogens (tertiary/aromatic N) is 1. The fourth-order valence-electron chi connectivity index (χ4n) is 4.62. The molecule has 1 atom stereocenters. The van der Waals surface area contributed by atoms with Crippen molar-refractivity contribution in [3.63, 3.8) is 0 Å². The maximum absolute atomic E-state index is 13.5. The van der Waals surface area contributed by atoms with Gasteiger partial charge < -0.3 is 14.6 Å². The molecule has 4 rings (SSSR count). The number of aliphatic hydroxyl groups excluding tert-OH is 1. The molecule has 192 valence electrons. The molecule has 3 aromatic rings. The Morgan fingerprint density at radius 2 is 1.70 bits per heavy atom. The first-order valence-corrected chi connectivity index (χ1v) is 12.4. The van der Waals surface area contributed by atoms with Crippen molar-refractivity contribution in [2.75, 3.05) is 18.6 Å². The number of hydrogen-bond donors (Lipinski definition) is 1. The lowest BCUT2D eigenvalue weighted by molar-refractivity contribution is -0.132. The van der Waals surface area contributed by atoms with E-state index >= 15 is 0 Å². The van der Waals surface area contributed by atoms with Gasteiger partial charge in [-0.1, -0.05) is 62.7 Å². The number of rotatable bonds is 6. The lowest BCUT2D eigenvalue weighted by atomic mass is 9.85. The first-order valence-electron chi connectivity index (χ1n) is 12.4. The van der Waals surface area contributed by atoms with E-state index in [1.807, 2.05) is 44.2 Å². The predicted molar refractivity (Wildman–Crippen MR) is 145 cm³/mol. The normalized spacial score (nSPS) is 17.2. The highest BCUT2D eigenvalue weighted by Crippen LogP contribution is 2.44. The van der Waals surface area contributed by atoms with Gasteiger partial charge in [-0.25, -0.2) is 0 Å². The van der Waals surface area contributed by atoms with Crippen molar-refractivity contribution >= 4 is 23.1 Å². The number of amides is 1. The molecule has 0 radical (unpaired) electrons. The van der Waals surface area contributed by atoms with E-state index in [0.717, 1.165) is 11.1 Å². The Labute approximate surface area is 218 Å². The van der Waals surface area contributed by atoms with E-state index in [1.54, 1.807) is 36.4 Å². The number of carbonyl (C=O) groups is 2. The molecule has 3 aromatic carbocycles. The lowest BCUT2D eigenvalue weighted by Gasteiger charge is -2.27. The van der Waals surface area contributed by atoms with Crippen molar-refractivity contribution in [3.8, 4) is 11.5 Å². The molecule has 0 aromatic heterocycles. The van der Waals surface area contributed by atoms with Gasteiger partial charge in [0.15, 0.2) is 0 Å². The molecule has 1 aliphatic rings. The molecule has 6 heteroatoms. The largest absolute Gasteiger partial charge is 0.507 e. The highest BCUT2D eigenvalue weighted by Gasteiger charge is 2.47. The average molecular weight is 500 g/mol. The third kappa shape index (κ3) is 4.96. The van der Waals surface area contributed by atoms with Crippen LogP contribution < -0.4 is 14.4 Å². The molecule has 0 aliphatic carbocycles. The number of hydrogen-bond acceptors (Lipinski definition) is 5. The molecule has 1 amide bonds. The number of ether oxygens (including phenoxy) is 2. The zero-order valence-electron chi connectivity index (χ0n) is 22.2. The summed E-state index contributed by atoms with van der Waals surface area (Å²) in [5.41, 5.74) is 3.52. The monoisotopic (exact) mass is 499 g/mol. The highest BCUT2D eigenvalue weighted by atomic mass is 16.5. The first-order chi connectivity index (χ1) is 17.6. The van der Waals surface area contributed by atoms with Gasteiger partial charge in [0, 0.05) is 11.8 Å². The third-order valence-corrected chi connectivity index (χ3v) is 6.55. The molecule has 1 fully saturated rings. The minimum Gasteiger partial charge on any atom is -0.507 e. The first kappa shape index (κ1) is 26.0. The van der Waals surface area contributed by atoms with Gasteiger partial charge in [0.25, 0.3) is 11.7 Å². The van der Waals surface area contributed by atoms with E-state index in [2.05, 4.69) is 20.8 Å². The average Bonchev–Trinajstić information content (AvgIpc) is 3.13. The topological polar surface area (TPSA) is 76.1 Å². The van der Waals surface area contributed by atoms with Crippen LogP contribution in [0.4, 0.5) is 5.69 Å². The maximum atomic E-state index is 13.5. The summed E-state index contributed by atoms with van der Waals surface area (Å²) in [7, 11) is 1.50. The number of carbonyl (C=O) groups excluding carboxylic acids is 2. The molecule has 1 unspecified atom stereocenters. The summed E-state index contributed by atoms with van der Waals surface area (Å²) in [6, 6.07) is 19.4. The quantitative estimate of drug-likeness (QED) is 0.244. The number of ketones is 1. The van der Waals surface area contributed by atoms with Crippen molar-refractivity contribution in [2.45, 2.75) is 46.1 Å². The number of aryl methyl sites for hydroxylation is 1. The zero-order valence-corrected chi connectivity index (χ0v) is 22.2. The van der Waals surface area contributed by atoms with Crippen LogP contribution in [0.15, 0.2) is 72.3 Å². The van der Waals surface area contributed by atoms with Crippen LogP contribution in [0.2, 0.25) is 0 Å². The summed E-state index contributed by atoms with van der Waals surface area (Å²) >= 11 is 0. The molecule has 37 heavy (non-hydrogen) atoms. The van der Waals surface area contributed by atoms with E-state index in [-0.39, 0.29) is 16.7 Å². The SMILES string of the molecule is CCOc1cccc(N2C(=O)C(=O)/C(=C(/O)c3cc(C)ccc3OC)C2c2ccc(C(C)(C)C)cc2)c1. The maximum Gasteiger partial charge on any atom is 0.300 e. The molecule has 0 spiro atoms. The summed E-state index contributed by atoms with van der Waals surface area (Å²) in [5.74, 6) is -0.745. The van der Waals surface area contributed by atoms with Crippen molar-refractivity contribution in [3.05, 3.63) is 94.6 Å². The van der Waals surface area contributed by atoms with Gasteiger partial charge in [0.05, 0.1) is 30.9 Å². The zero-order chi connectivity index (χ0) is 26.9. The van der Waals surface area contributed by atoms with Gasteiger partial charge in [-0.05, 0) is 54.7 Å². The van der Waals surface area contributed by atoms with Crippen LogP contribution in [-0.4, -0.2) is 30.5 Å². The van der Waals surface area contributed by atoms with E-state index < -0.39 is 17.7 Å². The molecular weight excluding hydrogens is 466 g/mol. The highest BCUT2D eigenvalue weighted by molar-refractivity contribution is 6.51. The minimum atomic E-state index is -0.837. The van der Waals surface area contributed by atoms with Crippen LogP contribution in [0.25, 0.3) is 5.76 Å². The summed E-state index contributed by atoms with van der Waals surface area (Å²) in [5, 5.41) is 11.5. The van der Waals surface area contributed by atoms with Crippen LogP contribution in [0.1, 0.15) is 56.0 Å². The molecule has 6 nitrogen and oxygen atoms in total. The number of benzene rings is 3. The van der Waals surface area contributed by atoms with Crippen molar-refractivity contribution in [1.82, 2.24) is 0 Å². The van der Waals surface area contributed by atoms with Crippen molar-refractivity contribution in [1.29, 1.82) is 0 Å². The third-order valence-electron chi connectivity index (χ3n) is 6.55. The van der Waals surface area contributed by atoms with E-state index in [1.165, 1.54) is 12.0 Å². The fourth-order valence-corrected chi connectivity index (χ4v) is 4.62. The molecule has 1 saturated heterocycles. The second-order valence-electron chi connectivity index (χ2n) is 10.2. The molecule has 1 aliphatic heterocycles. The standard InChI is InChI=1S/C31H33NO5/c1-7-37-23-10-8-9-22(18-23)32-27(20-12-14-21(15-13-20)31(3,4)5)26(29(34)30(32)35)28(33)24-17-19(2)11-16-25(24)36-6/h8-18,27,33H,7H2,1-6H3/b28-26+. The van der Waals surface area contributed by atoms with Crippen molar-refractivity contribution < 1.29 is 24.2 Å². The van der Waals surface area contributed by atoms with E-state index in [9.17, 15) is 14.7 Å². The molecule has 1 heterocycles. The van der Waals surface area contributed by atoms with Gasteiger partial charge in [-0.2, -0.15) is 0 Å². The van der Waals surface area contributed by atoms with Gasteiger partial charge in [-0.15, -0.1) is 0 Å². The van der Waals surface area contributed by atoms with Crippen LogP contribution in [-0.2, 0) is 15.0 Å². The van der Waals surface area contributed by atoms with Gasteiger partial charge >= 0.3 is 0 Å². The molecular formula is C31H33NO5.